The largest absolute Gasteiger partial charge is 0.493 e. The number of amides is 2. The van der Waals surface area contributed by atoms with Crippen molar-refractivity contribution in [2.24, 2.45) is 0 Å². The molecule has 162 valence electrons. The van der Waals surface area contributed by atoms with E-state index in [9.17, 15) is 4.79 Å². The van der Waals surface area contributed by atoms with E-state index in [1.54, 1.807) is 7.11 Å². The topological polar surface area (TPSA) is 79.8 Å². The van der Waals surface area contributed by atoms with Crippen LogP contribution in [0.15, 0.2) is 30.3 Å². The van der Waals surface area contributed by atoms with Gasteiger partial charge in [-0.3, -0.25) is 0 Å². The van der Waals surface area contributed by atoms with Gasteiger partial charge in [-0.1, -0.05) is 26.0 Å². The molecule has 1 N–H and O–H groups in total. The highest BCUT2D eigenvalue weighted by Gasteiger charge is 2.22. The van der Waals surface area contributed by atoms with Crippen LogP contribution in [0.3, 0.4) is 0 Å². The van der Waals surface area contributed by atoms with E-state index in [0.29, 0.717) is 37.7 Å². The lowest BCUT2D eigenvalue weighted by Crippen LogP contribution is -2.52. The van der Waals surface area contributed by atoms with Gasteiger partial charge in [-0.05, 0) is 19.1 Å². The van der Waals surface area contributed by atoms with Gasteiger partial charge in [0.1, 0.15) is 18.2 Å². The molecule has 1 fully saturated rings. The zero-order valence-corrected chi connectivity index (χ0v) is 18.2. The lowest BCUT2D eigenvalue weighted by molar-refractivity contribution is 0.191. The van der Waals surface area contributed by atoms with Gasteiger partial charge < -0.3 is 24.6 Å². The lowest BCUT2D eigenvalue weighted by Gasteiger charge is -2.35. The molecule has 0 unspecified atom stereocenters. The normalized spacial score (nSPS) is 14.0. The van der Waals surface area contributed by atoms with Crippen LogP contribution in [0.4, 0.5) is 10.6 Å². The zero-order valence-electron chi connectivity index (χ0n) is 18.2. The van der Waals surface area contributed by atoms with Crippen LogP contribution in [0.25, 0.3) is 0 Å². The van der Waals surface area contributed by atoms with Crippen LogP contribution in [-0.2, 0) is 0 Å². The molecule has 0 saturated carbocycles. The molecule has 2 heterocycles. The summed E-state index contributed by atoms with van der Waals surface area (Å²) < 4.78 is 11.0. The molecule has 1 aromatic heterocycles. The minimum atomic E-state index is -0.0694. The van der Waals surface area contributed by atoms with Gasteiger partial charge in [0, 0.05) is 43.9 Å². The fraction of sp³-hybridized carbons (Fsp3) is 0.500. The Morgan fingerprint density at radius 3 is 2.50 bits per heavy atom. The number of nitrogens with zero attached hydrogens (tertiary/aromatic N) is 4. The summed E-state index contributed by atoms with van der Waals surface area (Å²) in [5.74, 6) is 3.44. The molecule has 8 heteroatoms. The van der Waals surface area contributed by atoms with E-state index < -0.39 is 0 Å². The van der Waals surface area contributed by atoms with Gasteiger partial charge in [0.15, 0.2) is 11.5 Å². The highest BCUT2D eigenvalue weighted by molar-refractivity contribution is 5.74. The quantitative estimate of drug-likeness (QED) is 0.703. The molecule has 1 saturated heterocycles. The molecule has 0 spiro atoms. The number of carbonyl (C=O) groups excluding carboxylic acids is 1. The number of hydrogen-bond acceptors (Lipinski definition) is 6. The zero-order chi connectivity index (χ0) is 21.5. The Hall–Kier alpha value is -3.03. The van der Waals surface area contributed by atoms with Crippen LogP contribution >= 0.6 is 0 Å². The molecule has 8 nitrogen and oxygen atoms in total. The number of carbonyl (C=O) groups is 1. The van der Waals surface area contributed by atoms with Crippen molar-refractivity contribution in [3.8, 4) is 11.5 Å². The van der Waals surface area contributed by atoms with E-state index in [1.807, 2.05) is 42.2 Å². The van der Waals surface area contributed by atoms with Crippen LogP contribution in [0.1, 0.15) is 31.3 Å². The molecule has 2 aromatic rings. The highest BCUT2D eigenvalue weighted by Crippen LogP contribution is 2.25. The summed E-state index contributed by atoms with van der Waals surface area (Å²) in [4.78, 5) is 25.7. The summed E-state index contributed by atoms with van der Waals surface area (Å²) in [5.41, 5.74) is 0.971. The number of nitrogens with one attached hydrogen (secondary N) is 1. The van der Waals surface area contributed by atoms with Crippen molar-refractivity contribution < 1.29 is 14.3 Å². The second-order valence-electron chi connectivity index (χ2n) is 7.59. The van der Waals surface area contributed by atoms with E-state index in [2.05, 4.69) is 29.0 Å². The van der Waals surface area contributed by atoms with Crippen molar-refractivity contribution in [2.45, 2.75) is 26.7 Å². The van der Waals surface area contributed by atoms with Crippen molar-refractivity contribution >= 4 is 11.8 Å². The second kappa shape index (κ2) is 10.1. The molecule has 1 aromatic carbocycles. The van der Waals surface area contributed by atoms with Crippen LogP contribution < -0.4 is 19.7 Å². The average Bonchev–Trinajstić information content (AvgIpc) is 2.76. The minimum Gasteiger partial charge on any atom is -0.493 e. The molecular weight excluding hydrogens is 382 g/mol. The van der Waals surface area contributed by atoms with Crippen LogP contribution in [0.2, 0.25) is 0 Å². The molecule has 30 heavy (non-hydrogen) atoms. The van der Waals surface area contributed by atoms with E-state index in [0.717, 1.165) is 30.4 Å². The maximum Gasteiger partial charge on any atom is 0.317 e. The Kier molecular flexibility index (Phi) is 7.32. The maximum atomic E-state index is 12.5. The maximum absolute atomic E-state index is 12.5. The number of aromatic nitrogens is 2. The van der Waals surface area contributed by atoms with Crippen LogP contribution in [0.5, 0.6) is 11.5 Å². The number of rotatable bonds is 7. The van der Waals surface area contributed by atoms with Gasteiger partial charge in [-0.2, -0.15) is 0 Å². The Labute approximate surface area is 178 Å². The molecule has 0 atom stereocenters. The summed E-state index contributed by atoms with van der Waals surface area (Å²) in [6, 6.07) is 9.41. The van der Waals surface area contributed by atoms with E-state index in [-0.39, 0.29) is 11.9 Å². The number of hydrogen-bond donors (Lipinski definition) is 1. The SMILES string of the molecule is COc1ccccc1OCCNC(=O)N1CCN(c2cc(C)nc(C(C)C)n2)CC1. The molecule has 0 bridgehead atoms. The smallest absolute Gasteiger partial charge is 0.317 e. The van der Waals surface area contributed by atoms with Crippen molar-refractivity contribution in [3.05, 3.63) is 41.9 Å². The Morgan fingerprint density at radius 2 is 1.83 bits per heavy atom. The summed E-state index contributed by atoms with van der Waals surface area (Å²) in [6.45, 7) is 9.80. The van der Waals surface area contributed by atoms with Crippen LogP contribution in [0, 0.1) is 6.92 Å². The third-order valence-corrected chi connectivity index (χ3v) is 4.97. The highest BCUT2D eigenvalue weighted by atomic mass is 16.5. The molecule has 0 radical (unpaired) electrons. The van der Waals surface area contributed by atoms with E-state index in [4.69, 9.17) is 14.5 Å². The van der Waals surface area contributed by atoms with Crippen molar-refractivity contribution in [2.75, 3.05) is 51.3 Å². The number of benzene rings is 1. The third-order valence-electron chi connectivity index (χ3n) is 4.97. The first-order valence-electron chi connectivity index (χ1n) is 10.4. The molecule has 1 aliphatic rings. The van der Waals surface area contributed by atoms with E-state index >= 15 is 0 Å². The van der Waals surface area contributed by atoms with Gasteiger partial charge in [0.2, 0.25) is 0 Å². The molecule has 2 amide bonds. The number of ether oxygens (including phenoxy) is 2. The average molecular weight is 414 g/mol. The predicted octanol–water partition coefficient (Wildman–Crippen LogP) is 2.83. The molecule has 0 aliphatic carbocycles. The number of piperazine rings is 1. The van der Waals surface area contributed by atoms with Gasteiger partial charge >= 0.3 is 6.03 Å². The van der Waals surface area contributed by atoms with Crippen LogP contribution in [-0.4, -0.2) is 67.3 Å². The first-order chi connectivity index (χ1) is 14.5. The monoisotopic (exact) mass is 413 g/mol. The summed E-state index contributed by atoms with van der Waals surface area (Å²) in [6.07, 6.45) is 0. The standard InChI is InChI=1S/C22H31N5O3/c1-16(2)21-24-17(3)15-20(25-21)26-10-12-27(13-11-26)22(28)23-9-14-30-19-8-6-5-7-18(19)29-4/h5-8,15-16H,9-14H2,1-4H3,(H,23,28). The van der Waals surface area contributed by atoms with Gasteiger partial charge in [-0.25, -0.2) is 14.8 Å². The summed E-state index contributed by atoms with van der Waals surface area (Å²) >= 11 is 0. The minimum absolute atomic E-state index is 0.0694. The number of para-hydroxylation sites is 2. The Balaban J connectivity index is 1.44. The third kappa shape index (κ3) is 5.52. The summed E-state index contributed by atoms with van der Waals surface area (Å²) in [7, 11) is 1.61. The fourth-order valence-corrected chi connectivity index (χ4v) is 3.30. The van der Waals surface area contributed by atoms with Crippen molar-refractivity contribution in [3.63, 3.8) is 0 Å². The number of aryl methyl sites for hydroxylation is 1. The number of anilines is 1. The lowest BCUT2D eigenvalue weighted by atomic mass is 10.2. The number of methoxy groups -OCH3 is 1. The second-order valence-corrected chi connectivity index (χ2v) is 7.59. The number of urea groups is 1. The fourth-order valence-electron chi connectivity index (χ4n) is 3.30. The molecular formula is C22H31N5O3. The van der Waals surface area contributed by atoms with Gasteiger partial charge in [-0.15, -0.1) is 0 Å². The van der Waals surface area contributed by atoms with E-state index in [1.165, 1.54) is 0 Å². The van der Waals surface area contributed by atoms with Gasteiger partial charge in [0.25, 0.3) is 0 Å². The summed E-state index contributed by atoms with van der Waals surface area (Å²) in [5, 5.41) is 2.92. The predicted molar refractivity (Wildman–Crippen MR) is 117 cm³/mol. The van der Waals surface area contributed by atoms with Crippen molar-refractivity contribution in [1.82, 2.24) is 20.2 Å². The Morgan fingerprint density at radius 1 is 1.13 bits per heavy atom. The first kappa shape index (κ1) is 21.7. The first-order valence-corrected chi connectivity index (χ1v) is 10.4. The Bertz CT molecular complexity index is 850. The molecule has 3 rings (SSSR count). The molecule has 1 aliphatic heterocycles. The van der Waals surface area contributed by atoms with Gasteiger partial charge in [0.05, 0.1) is 13.7 Å². The van der Waals surface area contributed by atoms with Crippen molar-refractivity contribution in [1.29, 1.82) is 0 Å².